The van der Waals surface area contributed by atoms with E-state index in [9.17, 15) is 9.59 Å². The topological polar surface area (TPSA) is 67.4 Å². The molecule has 0 saturated carbocycles. The number of ether oxygens (including phenoxy) is 1. The second-order valence-corrected chi connectivity index (χ2v) is 7.32. The Bertz CT molecular complexity index is 820. The van der Waals surface area contributed by atoms with Crippen molar-refractivity contribution in [2.45, 2.75) is 31.8 Å². The standard InChI is InChI=1S/C20H21BrN2O3/c1-12-4-3-5-14-10-17(22-19(12)14)20(25)23-16(11-18(24)26-2)13-6-8-15(21)9-7-13/h3-9,16-17,22H,10-11H2,1-2H3,(H,23,25)/t16-,17?/m1/s1. The summed E-state index contributed by atoms with van der Waals surface area (Å²) in [4.78, 5) is 24.6. The van der Waals surface area contributed by atoms with Crippen LogP contribution >= 0.6 is 15.9 Å². The Hall–Kier alpha value is -2.34. The van der Waals surface area contributed by atoms with Crippen molar-refractivity contribution < 1.29 is 14.3 Å². The van der Waals surface area contributed by atoms with Crippen LogP contribution in [0.3, 0.4) is 0 Å². The lowest BCUT2D eigenvalue weighted by Crippen LogP contribution is -2.41. The van der Waals surface area contributed by atoms with Crippen molar-refractivity contribution in [2.24, 2.45) is 0 Å². The van der Waals surface area contributed by atoms with E-state index in [0.717, 1.165) is 26.9 Å². The normalized spacial score (nSPS) is 16.3. The zero-order chi connectivity index (χ0) is 18.7. The number of halogens is 1. The van der Waals surface area contributed by atoms with Gasteiger partial charge in [0.2, 0.25) is 5.91 Å². The molecule has 1 aliphatic heterocycles. The molecule has 6 heteroatoms. The Morgan fingerprint density at radius 1 is 1.27 bits per heavy atom. The van der Waals surface area contributed by atoms with E-state index in [1.807, 2.05) is 49.4 Å². The molecule has 1 heterocycles. The molecule has 0 spiro atoms. The average Bonchev–Trinajstić information content (AvgIpc) is 3.07. The highest BCUT2D eigenvalue weighted by Gasteiger charge is 2.29. The molecular formula is C20H21BrN2O3. The van der Waals surface area contributed by atoms with Gasteiger partial charge in [-0.25, -0.2) is 0 Å². The average molecular weight is 417 g/mol. The number of esters is 1. The first-order valence-electron chi connectivity index (χ1n) is 8.45. The van der Waals surface area contributed by atoms with E-state index in [2.05, 4.69) is 26.6 Å². The lowest BCUT2D eigenvalue weighted by molar-refractivity contribution is -0.141. The summed E-state index contributed by atoms with van der Waals surface area (Å²) in [6, 6.07) is 12.8. The highest BCUT2D eigenvalue weighted by molar-refractivity contribution is 9.10. The van der Waals surface area contributed by atoms with Crippen molar-refractivity contribution in [2.75, 3.05) is 12.4 Å². The Balaban J connectivity index is 1.74. The molecule has 2 atom stereocenters. The van der Waals surface area contributed by atoms with Crippen LogP contribution < -0.4 is 10.6 Å². The van der Waals surface area contributed by atoms with Gasteiger partial charge in [-0.1, -0.05) is 46.3 Å². The van der Waals surface area contributed by atoms with Crippen LogP contribution in [0.15, 0.2) is 46.9 Å². The van der Waals surface area contributed by atoms with Gasteiger partial charge in [0.15, 0.2) is 0 Å². The summed E-state index contributed by atoms with van der Waals surface area (Å²) in [6.45, 7) is 2.02. The van der Waals surface area contributed by atoms with Crippen LogP contribution in [0.5, 0.6) is 0 Å². The maximum absolute atomic E-state index is 12.8. The van der Waals surface area contributed by atoms with Gasteiger partial charge < -0.3 is 15.4 Å². The lowest BCUT2D eigenvalue weighted by Gasteiger charge is -2.21. The molecule has 0 aliphatic carbocycles. The maximum Gasteiger partial charge on any atom is 0.307 e. The molecule has 1 amide bonds. The molecule has 136 valence electrons. The number of aryl methyl sites for hydroxylation is 1. The first-order valence-corrected chi connectivity index (χ1v) is 9.25. The minimum absolute atomic E-state index is 0.0859. The first kappa shape index (κ1) is 18.5. The molecule has 0 aromatic heterocycles. The van der Waals surface area contributed by atoms with E-state index < -0.39 is 6.04 Å². The van der Waals surface area contributed by atoms with Gasteiger partial charge in [0.1, 0.15) is 6.04 Å². The number of amides is 1. The third kappa shape index (κ3) is 4.07. The number of methoxy groups -OCH3 is 1. The number of rotatable bonds is 5. The number of para-hydroxylation sites is 1. The molecule has 2 aromatic rings. The molecule has 0 fully saturated rings. The number of anilines is 1. The minimum Gasteiger partial charge on any atom is -0.469 e. The van der Waals surface area contributed by atoms with Crippen molar-refractivity contribution in [3.63, 3.8) is 0 Å². The second-order valence-electron chi connectivity index (χ2n) is 6.40. The number of fused-ring (bicyclic) bond motifs is 1. The van der Waals surface area contributed by atoms with E-state index in [1.165, 1.54) is 7.11 Å². The monoisotopic (exact) mass is 416 g/mol. The Kier molecular flexibility index (Phi) is 5.61. The Morgan fingerprint density at radius 2 is 2.00 bits per heavy atom. The summed E-state index contributed by atoms with van der Waals surface area (Å²) in [6.07, 6.45) is 0.719. The molecule has 0 saturated heterocycles. The van der Waals surface area contributed by atoms with Crippen LogP contribution in [0.4, 0.5) is 5.69 Å². The van der Waals surface area contributed by atoms with Crippen LogP contribution in [0.2, 0.25) is 0 Å². The molecule has 26 heavy (non-hydrogen) atoms. The van der Waals surface area contributed by atoms with Crippen LogP contribution in [0.25, 0.3) is 0 Å². The van der Waals surface area contributed by atoms with Crippen molar-refractivity contribution in [1.29, 1.82) is 0 Å². The van der Waals surface area contributed by atoms with Gasteiger partial charge in [-0.15, -0.1) is 0 Å². The number of benzene rings is 2. The summed E-state index contributed by atoms with van der Waals surface area (Å²) in [5.74, 6) is -0.492. The molecule has 0 radical (unpaired) electrons. The fourth-order valence-corrected chi connectivity index (χ4v) is 3.44. The molecule has 3 rings (SSSR count). The summed E-state index contributed by atoms with van der Waals surface area (Å²) < 4.78 is 5.72. The predicted octanol–water partition coefficient (Wildman–Crippen LogP) is 3.51. The molecule has 1 aliphatic rings. The van der Waals surface area contributed by atoms with E-state index in [-0.39, 0.29) is 24.3 Å². The maximum atomic E-state index is 12.8. The quantitative estimate of drug-likeness (QED) is 0.731. The van der Waals surface area contributed by atoms with Crippen molar-refractivity contribution in [3.05, 3.63) is 63.6 Å². The van der Waals surface area contributed by atoms with Crippen LogP contribution in [0.1, 0.15) is 29.2 Å². The van der Waals surface area contributed by atoms with Crippen LogP contribution in [0, 0.1) is 6.92 Å². The van der Waals surface area contributed by atoms with E-state index in [4.69, 9.17) is 4.74 Å². The molecule has 1 unspecified atom stereocenters. The zero-order valence-corrected chi connectivity index (χ0v) is 16.3. The van der Waals surface area contributed by atoms with Gasteiger partial charge in [-0.05, 0) is 35.7 Å². The van der Waals surface area contributed by atoms with E-state index >= 15 is 0 Å². The number of nitrogens with one attached hydrogen (secondary N) is 2. The summed E-state index contributed by atoms with van der Waals surface area (Å²) in [7, 11) is 1.35. The Labute approximate surface area is 161 Å². The number of hydrogen-bond donors (Lipinski definition) is 2. The van der Waals surface area contributed by atoms with Gasteiger partial charge in [0.05, 0.1) is 19.6 Å². The van der Waals surface area contributed by atoms with E-state index in [0.29, 0.717) is 6.42 Å². The fourth-order valence-electron chi connectivity index (χ4n) is 3.18. The van der Waals surface area contributed by atoms with Crippen molar-refractivity contribution >= 4 is 33.5 Å². The number of carbonyl (C=O) groups is 2. The third-order valence-corrected chi connectivity index (χ3v) is 5.13. The summed E-state index contributed by atoms with van der Waals surface area (Å²) >= 11 is 3.40. The summed E-state index contributed by atoms with van der Waals surface area (Å²) in [5.41, 5.74) is 4.15. The highest BCUT2D eigenvalue weighted by atomic mass is 79.9. The SMILES string of the molecule is COC(=O)C[C@@H](NC(=O)C1Cc2cccc(C)c2N1)c1ccc(Br)cc1. The van der Waals surface area contributed by atoms with Crippen LogP contribution in [-0.4, -0.2) is 25.0 Å². The Morgan fingerprint density at radius 3 is 2.65 bits per heavy atom. The minimum atomic E-state index is -0.436. The van der Waals surface area contributed by atoms with Crippen molar-refractivity contribution in [3.8, 4) is 0 Å². The van der Waals surface area contributed by atoms with Gasteiger partial charge >= 0.3 is 5.97 Å². The molecule has 2 N–H and O–H groups in total. The molecular weight excluding hydrogens is 396 g/mol. The second kappa shape index (κ2) is 7.91. The van der Waals surface area contributed by atoms with Gasteiger partial charge in [-0.2, -0.15) is 0 Å². The van der Waals surface area contributed by atoms with Gasteiger partial charge in [0, 0.05) is 16.6 Å². The number of carbonyl (C=O) groups excluding carboxylic acids is 2. The zero-order valence-electron chi connectivity index (χ0n) is 14.7. The molecule has 5 nitrogen and oxygen atoms in total. The predicted molar refractivity (Wildman–Crippen MR) is 104 cm³/mol. The van der Waals surface area contributed by atoms with Gasteiger partial charge in [0.25, 0.3) is 0 Å². The molecule has 2 aromatic carbocycles. The first-order chi connectivity index (χ1) is 12.5. The van der Waals surface area contributed by atoms with E-state index in [1.54, 1.807) is 0 Å². The lowest BCUT2D eigenvalue weighted by atomic mass is 10.0. The van der Waals surface area contributed by atoms with Crippen LogP contribution in [-0.2, 0) is 20.7 Å². The largest absolute Gasteiger partial charge is 0.469 e. The third-order valence-electron chi connectivity index (χ3n) is 4.61. The number of hydrogen-bond acceptors (Lipinski definition) is 4. The highest BCUT2D eigenvalue weighted by Crippen LogP contribution is 2.29. The fraction of sp³-hybridized carbons (Fsp3) is 0.300. The van der Waals surface area contributed by atoms with Gasteiger partial charge in [-0.3, -0.25) is 9.59 Å². The smallest absolute Gasteiger partial charge is 0.307 e. The van der Waals surface area contributed by atoms with Crippen molar-refractivity contribution in [1.82, 2.24) is 5.32 Å². The molecule has 0 bridgehead atoms. The summed E-state index contributed by atoms with van der Waals surface area (Å²) in [5, 5.41) is 6.30.